The summed E-state index contributed by atoms with van der Waals surface area (Å²) in [6.07, 6.45) is 10.7. The van der Waals surface area contributed by atoms with E-state index in [9.17, 15) is 0 Å². The molecule has 0 spiro atoms. The molecular formula is C27H47NO5. The molecule has 0 aliphatic rings. The van der Waals surface area contributed by atoms with Crippen molar-refractivity contribution < 1.29 is 23.7 Å². The first-order valence-electron chi connectivity index (χ1n) is 11.7. The summed E-state index contributed by atoms with van der Waals surface area (Å²) in [6, 6.07) is 0.00240. The fourth-order valence-corrected chi connectivity index (χ4v) is 3.85. The topological polar surface area (TPSA) is 50.5 Å². The second-order valence-corrected chi connectivity index (χ2v) is 8.67. The minimum Gasteiger partial charge on any atom is -0.381 e. The molecule has 0 fully saturated rings. The number of hydrogen-bond donors (Lipinski definition) is 0. The fraction of sp³-hybridized carbons (Fsp3) is 0.741. The summed E-state index contributed by atoms with van der Waals surface area (Å²) in [4.78, 5) is 3.54. The van der Waals surface area contributed by atoms with Gasteiger partial charge in [-0.05, 0) is 38.7 Å². The molecule has 0 rings (SSSR count). The van der Waals surface area contributed by atoms with E-state index in [1.165, 1.54) is 0 Å². The average molecular weight is 466 g/mol. The number of methoxy groups -OCH3 is 5. The van der Waals surface area contributed by atoms with Crippen LogP contribution in [0.15, 0.2) is 36.0 Å². The van der Waals surface area contributed by atoms with Crippen molar-refractivity contribution in [1.82, 2.24) is 0 Å². The van der Waals surface area contributed by atoms with Crippen molar-refractivity contribution in [3.8, 4) is 0 Å². The van der Waals surface area contributed by atoms with E-state index in [4.69, 9.17) is 30.3 Å². The van der Waals surface area contributed by atoms with Gasteiger partial charge in [0, 0.05) is 61.7 Å². The summed E-state index contributed by atoms with van der Waals surface area (Å²) >= 11 is 0. The predicted molar refractivity (Wildman–Crippen MR) is 135 cm³/mol. The van der Waals surface area contributed by atoms with Crippen molar-refractivity contribution in [2.45, 2.75) is 95.9 Å². The molecule has 0 aliphatic carbocycles. The van der Waals surface area contributed by atoms with Crippen LogP contribution in [0.4, 0.5) is 0 Å². The van der Waals surface area contributed by atoms with Gasteiger partial charge < -0.3 is 28.5 Å². The lowest BCUT2D eigenvalue weighted by Crippen LogP contribution is -2.31. The Morgan fingerprint density at radius 2 is 1.27 bits per heavy atom. The van der Waals surface area contributed by atoms with Gasteiger partial charge >= 0.3 is 0 Å². The fourth-order valence-electron chi connectivity index (χ4n) is 3.85. The van der Waals surface area contributed by atoms with Crippen LogP contribution in [-0.4, -0.2) is 72.1 Å². The minimum atomic E-state index is -0.0576. The first kappa shape index (κ1) is 31.5. The van der Waals surface area contributed by atoms with E-state index in [-0.39, 0.29) is 36.6 Å². The second-order valence-electron chi connectivity index (χ2n) is 8.67. The van der Waals surface area contributed by atoms with Crippen molar-refractivity contribution in [3.05, 3.63) is 47.4 Å². The number of allylic oxidation sites excluding steroid dienone is 2. The van der Waals surface area contributed by atoms with E-state index in [1.54, 1.807) is 35.5 Å². The summed E-state index contributed by atoms with van der Waals surface area (Å²) in [5, 5.41) is 0. The zero-order valence-electron chi connectivity index (χ0n) is 22.1. The largest absolute Gasteiger partial charge is 0.381 e. The number of ether oxygens (including phenoxy) is 5. The minimum absolute atomic E-state index is 0.000305. The van der Waals surface area contributed by atoms with Gasteiger partial charge in [0.05, 0.1) is 30.5 Å². The molecule has 6 nitrogen and oxygen atoms in total. The van der Waals surface area contributed by atoms with Gasteiger partial charge in [-0.2, -0.15) is 0 Å². The lowest BCUT2D eigenvalue weighted by Gasteiger charge is -2.28. The SMILES string of the molecule is [C-]#[N+]C(C)CC=C(C)C=C(C)C(CC(CC(CC(CC(CC=C)OC)OC)OC)OC)OC. The third-order valence-corrected chi connectivity index (χ3v) is 6.07. The van der Waals surface area contributed by atoms with Gasteiger partial charge in [-0.3, -0.25) is 0 Å². The summed E-state index contributed by atoms with van der Waals surface area (Å²) in [5.41, 5.74) is 2.28. The Bertz CT molecular complexity index is 624. The summed E-state index contributed by atoms with van der Waals surface area (Å²) in [6.45, 7) is 17.0. The highest BCUT2D eigenvalue weighted by atomic mass is 16.5. The molecule has 0 saturated carbocycles. The normalized spacial score (nSPS) is 18.2. The molecule has 0 aliphatic heterocycles. The molecule has 6 unspecified atom stereocenters. The molecule has 0 amide bonds. The van der Waals surface area contributed by atoms with Gasteiger partial charge in [0.2, 0.25) is 6.04 Å². The zero-order valence-corrected chi connectivity index (χ0v) is 22.1. The maximum Gasteiger partial charge on any atom is 0.224 e. The van der Waals surface area contributed by atoms with Crippen molar-refractivity contribution in [2.24, 2.45) is 0 Å². The van der Waals surface area contributed by atoms with Crippen LogP contribution in [0, 0.1) is 6.57 Å². The lowest BCUT2D eigenvalue weighted by molar-refractivity contribution is -0.0388. The molecule has 0 radical (unpaired) electrons. The monoisotopic (exact) mass is 465 g/mol. The molecule has 0 aromatic heterocycles. The molecule has 0 bridgehead atoms. The first-order valence-corrected chi connectivity index (χ1v) is 11.7. The highest BCUT2D eigenvalue weighted by Gasteiger charge is 2.25. The molecule has 0 aromatic carbocycles. The average Bonchev–Trinajstić information content (AvgIpc) is 2.82. The molecule has 0 N–H and O–H groups in total. The molecule has 6 atom stereocenters. The molecule has 0 aromatic rings. The smallest absolute Gasteiger partial charge is 0.224 e. The first-order chi connectivity index (χ1) is 15.8. The van der Waals surface area contributed by atoms with Crippen LogP contribution in [0.2, 0.25) is 0 Å². The van der Waals surface area contributed by atoms with Crippen molar-refractivity contribution in [2.75, 3.05) is 35.5 Å². The summed E-state index contributed by atoms with van der Waals surface area (Å²) in [5.74, 6) is 0. The number of hydrogen-bond acceptors (Lipinski definition) is 5. The third kappa shape index (κ3) is 13.7. The van der Waals surface area contributed by atoms with Crippen molar-refractivity contribution >= 4 is 0 Å². The highest BCUT2D eigenvalue weighted by Crippen LogP contribution is 2.23. The Kier molecular flexibility index (Phi) is 18.0. The Morgan fingerprint density at radius 1 is 0.788 bits per heavy atom. The summed E-state index contributed by atoms with van der Waals surface area (Å²) < 4.78 is 28.6. The van der Waals surface area contributed by atoms with Gasteiger partial charge in [-0.15, -0.1) is 6.58 Å². The van der Waals surface area contributed by atoms with Gasteiger partial charge in [-0.1, -0.05) is 23.8 Å². The Hall–Kier alpha value is -1.49. The molecule has 0 heterocycles. The Labute approximate surface area is 202 Å². The van der Waals surface area contributed by atoms with Crippen LogP contribution in [0.5, 0.6) is 0 Å². The molecule has 33 heavy (non-hydrogen) atoms. The van der Waals surface area contributed by atoms with Crippen LogP contribution in [-0.2, 0) is 23.7 Å². The predicted octanol–water partition coefficient (Wildman–Crippen LogP) is 5.79. The number of rotatable bonds is 19. The van der Waals surface area contributed by atoms with Gasteiger partial charge in [0.25, 0.3) is 0 Å². The molecule has 0 saturated heterocycles. The maximum atomic E-state index is 7.10. The van der Waals surface area contributed by atoms with Crippen LogP contribution >= 0.6 is 0 Å². The standard InChI is InChI=1S/C27H47NO5/c1-11-12-23(29-6)16-24(30-7)17-25(31-8)18-26(32-9)19-27(33-10)21(3)15-20(2)13-14-22(4)28-5/h11,13,15,22-27H,1,12,14,16-19H2,2-4,6-10H3. The van der Waals surface area contributed by atoms with E-state index in [1.807, 2.05) is 13.0 Å². The Morgan fingerprint density at radius 3 is 1.70 bits per heavy atom. The summed E-state index contributed by atoms with van der Waals surface area (Å²) in [7, 11) is 8.65. The third-order valence-electron chi connectivity index (χ3n) is 6.07. The molecule has 6 heteroatoms. The highest BCUT2D eigenvalue weighted by molar-refractivity contribution is 5.23. The van der Waals surface area contributed by atoms with Crippen molar-refractivity contribution in [3.63, 3.8) is 0 Å². The van der Waals surface area contributed by atoms with E-state index in [2.05, 4.69) is 37.4 Å². The molecular weight excluding hydrogens is 418 g/mol. The zero-order chi connectivity index (χ0) is 25.2. The maximum absolute atomic E-state index is 7.10. The van der Waals surface area contributed by atoms with E-state index >= 15 is 0 Å². The van der Waals surface area contributed by atoms with E-state index in [0.29, 0.717) is 0 Å². The quantitative estimate of drug-likeness (QED) is 0.137. The van der Waals surface area contributed by atoms with Gasteiger partial charge in [0.1, 0.15) is 0 Å². The van der Waals surface area contributed by atoms with E-state index in [0.717, 1.165) is 49.7 Å². The van der Waals surface area contributed by atoms with Crippen molar-refractivity contribution in [1.29, 1.82) is 0 Å². The van der Waals surface area contributed by atoms with Gasteiger partial charge in [0.15, 0.2) is 0 Å². The van der Waals surface area contributed by atoms with Crippen LogP contribution < -0.4 is 0 Å². The van der Waals surface area contributed by atoms with E-state index < -0.39 is 0 Å². The van der Waals surface area contributed by atoms with Crippen LogP contribution in [0.1, 0.15) is 59.3 Å². The number of nitrogens with zero attached hydrogens (tertiary/aromatic N) is 1. The lowest BCUT2D eigenvalue weighted by atomic mass is 9.95. The molecule has 190 valence electrons. The Balaban J connectivity index is 5.10. The second kappa shape index (κ2) is 18.9. The van der Waals surface area contributed by atoms with Gasteiger partial charge in [-0.25, -0.2) is 6.57 Å². The van der Waals surface area contributed by atoms with Crippen LogP contribution in [0.3, 0.4) is 0 Å². The van der Waals surface area contributed by atoms with Crippen LogP contribution in [0.25, 0.3) is 4.85 Å².